The van der Waals surface area contributed by atoms with Crippen LogP contribution in [0.2, 0.25) is 0 Å². The highest BCUT2D eigenvalue weighted by Crippen LogP contribution is 2.29. The molecule has 0 aromatic heterocycles. The number of aryl methyl sites for hydroxylation is 1. The Hall–Kier alpha value is -1.44. The van der Waals surface area contributed by atoms with E-state index in [2.05, 4.69) is 6.58 Å². The van der Waals surface area contributed by atoms with Crippen molar-refractivity contribution in [2.75, 3.05) is 7.11 Å². The Morgan fingerprint density at radius 2 is 2.00 bits per heavy atom. The van der Waals surface area contributed by atoms with Gasteiger partial charge in [0.1, 0.15) is 11.5 Å². The Balaban J connectivity index is 3.26. The lowest BCUT2D eigenvalue weighted by Gasteiger charge is -2.10. The minimum atomic E-state index is 0.256. The summed E-state index contributed by atoms with van der Waals surface area (Å²) in [4.78, 5) is 0. The molecular formula is C11H14O2. The molecule has 0 atom stereocenters. The van der Waals surface area contributed by atoms with Crippen LogP contribution in [0.15, 0.2) is 18.7 Å². The van der Waals surface area contributed by atoms with Crippen molar-refractivity contribution in [1.82, 2.24) is 0 Å². The quantitative estimate of drug-likeness (QED) is 0.705. The Morgan fingerprint density at radius 3 is 2.54 bits per heavy atom. The van der Waals surface area contributed by atoms with Crippen molar-refractivity contribution in [2.45, 2.75) is 13.8 Å². The van der Waals surface area contributed by atoms with Crippen LogP contribution in [0.5, 0.6) is 5.75 Å². The van der Waals surface area contributed by atoms with Gasteiger partial charge >= 0.3 is 0 Å². The summed E-state index contributed by atoms with van der Waals surface area (Å²) in [5, 5.41) is 9.74. The molecule has 1 aromatic carbocycles. The Bertz CT molecular complexity index is 340. The number of rotatable bonds is 2. The van der Waals surface area contributed by atoms with Crippen molar-refractivity contribution in [3.05, 3.63) is 35.4 Å². The third-order valence-electron chi connectivity index (χ3n) is 2.25. The smallest absolute Gasteiger partial charge is 0.129 e. The second-order valence-electron chi connectivity index (χ2n) is 3.03. The number of aromatic hydroxyl groups is 1. The molecule has 0 unspecified atom stereocenters. The van der Waals surface area contributed by atoms with Gasteiger partial charge in [0.05, 0.1) is 12.7 Å². The second-order valence-corrected chi connectivity index (χ2v) is 3.03. The van der Waals surface area contributed by atoms with Gasteiger partial charge < -0.3 is 9.84 Å². The summed E-state index contributed by atoms with van der Waals surface area (Å²) in [5.41, 5.74) is 2.59. The Morgan fingerprint density at radius 1 is 1.38 bits per heavy atom. The molecule has 1 rings (SSSR count). The molecule has 0 heterocycles. The first-order chi connectivity index (χ1) is 6.07. The third kappa shape index (κ3) is 1.66. The van der Waals surface area contributed by atoms with Crippen LogP contribution in [0.3, 0.4) is 0 Å². The number of hydrogen-bond acceptors (Lipinski definition) is 2. The lowest BCUT2D eigenvalue weighted by Crippen LogP contribution is -1.90. The molecule has 70 valence electrons. The van der Waals surface area contributed by atoms with E-state index in [9.17, 15) is 5.11 Å². The average molecular weight is 178 g/mol. The topological polar surface area (TPSA) is 29.5 Å². The summed E-state index contributed by atoms with van der Waals surface area (Å²) in [6.07, 6.45) is 0. The zero-order valence-electron chi connectivity index (χ0n) is 8.22. The minimum Gasteiger partial charge on any atom is -0.507 e. The summed E-state index contributed by atoms with van der Waals surface area (Å²) in [5.74, 6) is 0.743. The summed E-state index contributed by atoms with van der Waals surface area (Å²) in [6.45, 7) is 7.52. The van der Waals surface area contributed by atoms with Crippen molar-refractivity contribution in [2.24, 2.45) is 0 Å². The molecule has 0 aliphatic heterocycles. The molecule has 0 aliphatic carbocycles. The van der Waals surface area contributed by atoms with E-state index in [0.717, 1.165) is 11.1 Å². The fourth-order valence-corrected chi connectivity index (χ4v) is 1.14. The second kappa shape index (κ2) is 3.52. The fourth-order valence-electron chi connectivity index (χ4n) is 1.14. The average Bonchev–Trinajstić information content (AvgIpc) is 2.13. The monoisotopic (exact) mass is 178 g/mol. The maximum absolute atomic E-state index is 9.74. The van der Waals surface area contributed by atoms with Crippen molar-refractivity contribution in [1.29, 1.82) is 0 Å². The molecule has 2 heteroatoms. The number of benzene rings is 1. The first kappa shape index (κ1) is 9.65. The molecule has 13 heavy (non-hydrogen) atoms. The number of phenolic OH excluding ortho intramolecular Hbond substituents is 1. The maximum Gasteiger partial charge on any atom is 0.129 e. The third-order valence-corrected chi connectivity index (χ3v) is 2.25. The van der Waals surface area contributed by atoms with Crippen molar-refractivity contribution in [3.8, 4) is 5.75 Å². The van der Waals surface area contributed by atoms with Crippen LogP contribution in [0.25, 0.3) is 5.76 Å². The van der Waals surface area contributed by atoms with Crippen molar-refractivity contribution >= 4 is 5.76 Å². The van der Waals surface area contributed by atoms with Gasteiger partial charge in [-0.2, -0.15) is 0 Å². The van der Waals surface area contributed by atoms with E-state index in [4.69, 9.17) is 4.74 Å². The van der Waals surface area contributed by atoms with E-state index in [1.165, 1.54) is 7.11 Å². The van der Waals surface area contributed by atoms with Crippen LogP contribution < -0.4 is 0 Å². The molecule has 0 saturated carbocycles. The Kier molecular flexibility index (Phi) is 2.61. The van der Waals surface area contributed by atoms with E-state index in [-0.39, 0.29) is 5.75 Å². The zero-order valence-corrected chi connectivity index (χ0v) is 8.22. The van der Waals surface area contributed by atoms with Gasteiger partial charge in [-0.05, 0) is 31.0 Å². The summed E-state index contributed by atoms with van der Waals surface area (Å²) in [7, 11) is 1.54. The number of hydrogen-bond donors (Lipinski definition) is 1. The summed E-state index contributed by atoms with van der Waals surface area (Å²) in [6, 6.07) is 3.75. The summed E-state index contributed by atoms with van der Waals surface area (Å²) < 4.78 is 4.96. The predicted octanol–water partition coefficient (Wildman–Crippen LogP) is 2.63. The van der Waals surface area contributed by atoms with Gasteiger partial charge in [0, 0.05) is 0 Å². The van der Waals surface area contributed by atoms with Gasteiger partial charge in [-0.25, -0.2) is 0 Å². The first-order valence-electron chi connectivity index (χ1n) is 4.10. The molecule has 1 aromatic rings. The van der Waals surface area contributed by atoms with Crippen LogP contribution >= 0.6 is 0 Å². The number of ether oxygens (including phenoxy) is 1. The van der Waals surface area contributed by atoms with Crippen molar-refractivity contribution in [3.63, 3.8) is 0 Å². The molecular weight excluding hydrogens is 164 g/mol. The molecule has 0 spiro atoms. The lowest BCUT2D eigenvalue weighted by molar-refractivity contribution is 0.367. The lowest BCUT2D eigenvalue weighted by atomic mass is 10.0. The van der Waals surface area contributed by atoms with E-state index in [1.807, 2.05) is 26.0 Å². The van der Waals surface area contributed by atoms with Gasteiger partial charge in [0.2, 0.25) is 0 Å². The molecule has 0 amide bonds. The highest BCUT2D eigenvalue weighted by molar-refractivity contribution is 5.66. The predicted molar refractivity (Wildman–Crippen MR) is 53.6 cm³/mol. The maximum atomic E-state index is 9.74. The number of phenols is 1. The molecule has 1 N–H and O–H groups in total. The van der Waals surface area contributed by atoms with Gasteiger partial charge in [-0.1, -0.05) is 12.6 Å². The van der Waals surface area contributed by atoms with Crippen LogP contribution in [-0.2, 0) is 4.74 Å². The van der Waals surface area contributed by atoms with Crippen LogP contribution in [-0.4, -0.2) is 12.2 Å². The largest absolute Gasteiger partial charge is 0.507 e. The van der Waals surface area contributed by atoms with Crippen LogP contribution in [0, 0.1) is 13.8 Å². The van der Waals surface area contributed by atoms with E-state index in [0.29, 0.717) is 11.3 Å². The normalized spacial score (nSPS) is 9.77. The molecule has 2 nitrogen and oxygen atoms in total. The molecule has 0 bridgehead atoms. The van der Waals surface area contributed by atoms with Gasteiger partial charge in [0.25, 0.3) is 0 Å². The van der Waals surface area contributed by atoms with Gasteiger partial charge in [-0.3, -0.25) is 0 Å². The number of methoxy groups -OCH3 is 1. The van der Waals surface area contributed by atoms with Gasteiger partial charge in [-0.15, -0.1) is 0 Å². The van der Waals surface area contributed by atoms with E-state index < -0.39 is 0 Å². The summed E-state index contributed by atoms with van der Waals surface area (Å²) >= 11 is 0. The molecule has 0 aliphatic rings. The highest BCUT2D eigenvalue weighted by Gasteiger charge is 2.08. The molecule has 0 fully saturated rings. The highest BCUT2D eigenvalue weighted by atomic mass is 16.5. The Labute approximate surface area is 78.5 Å². The SMILES string of the molecule is C=C(OC)c1ccc(C)c(C)c1O. The van der Waals surface area contributed by atoms with Crippen LogP contribution in [0.1, 0.15) is 16.7 Å². The van der Waals surface area contributed by atoms with E-state index in [1.54, 1.807) is 0 Å². The van der Waals surface area contributed by atoms with Crippen molar-refractivity contribution < 1.29 is 9.84 Å². The zero-order chi connectivity index (χ0) is 10.0. The van der Waals surface area contributed by atoms with Gasteiger partial charge in [0.15, 0.2) is 0 Å². The fraction of sp³-hybridized carbons (Fsp3) is 0.273. The molecule has 0 radical (unpaired) electrons. The first-order valence-corrected chi connectivity index (χ1v) is 4.10. The van der Waals surface area contributed by atoms with E-state index >= 15 is 0 Å². The molecule has 0 saturated heterocycles. The minimum absolute atomic E-state index is 0.256. The standard InChI is InChI=1S/C11H14O2/c1-7-5-6-10(9(3)13-4)11(12)8(7)2/h5-6,12H,3H2,1-2,4H3. The van der Waals surface area contributed by atoms with Crippen LogP contribution in [0.4, 0.5) is 0 Å².